The number of piperidine rings is 1. The second kappa shape index (κ2) is 4.04. The molecule has 2 aliphatic heterocycles. The van der Waals surface area contributed by atoms with Gasteiger partial charge in [-0.05, 0) is 59.4 Å². The van der Waals surface area contributed by atoms with Gasteiger partial charge in [0, 0.05) is 17.6 Å². The van der Waals surface area contributed by atoms with Gasteiger partial charge >= 0.3 is 0 Å². The molecule has 1 N–H and O–H groups in total. The Kier molecular flexibility index (Phi) is 2.68. The number of nitrogens with one attached hydrogen (secondary N) is 1. The van der Waals surface area contributed by atoms with E-state index in [1.54, 1.807) is 0 Å². The zero-order chi connectivity index (χ0) is 11.1. The molecule has 0 bridgehead atoms. The lowest BCUT2D eigenvalue weighted by Crippen LogP contribution is -2.42. The highest BCUT2D eigenvalue weighted by molar-refractivity contribution is 9.10. The number of hydrogen-bond donors (Lipinski definition) is 1. The molecule has 0 spiro atoms. The van der Waals surface area contributed by atoms with E-state index < -0.39 is 0 Å². The molecule has 2 aliphatic rings. The summed E-state index contributed by atoms with van der Waals surface area (Å²) >= 11 is 3.64. The molecule has 2 atom stereocenters. The van der Waals surface area contributed by atoms with Crippen LogP contribution in [0.1, 0.15) is 17.9 Å². The first kappa shape index (κ1) is 10.6. The quantitative estimate of drug-likeness (QED) is 0.786. The van der Waals surface area contributed by atoms with Crippen molar-refractivity contribution in [2.45, 2.75) is 12.3 Å². The Labute approximate surface area is 105 Å². The SMILES string of the molecule is CN1CCC2c3cccc(Br)c3NCC2C1. The van der Waals surface area contributed by atoms with E-state index in [2.05, 4.69) is 51.4 Å². The summed E-state index contributed by atoms with van der Waals surface area (Å²) in [5.74, 6) is 1.53. The summed E-state index contributed by atoms with van der Waals surface area (Å²) < 4.78 is 1.21. The van der Waals surface area contributed by atoms with E-state index in [9.17, 15) is 0 Å². The van der Waals surface area contributed by atoms with E-state index in [4.69, 9.17) is 0 Å². The van der Waals surface area contributed by atoms with Crippen LogP contribution in [0.15, 0.2) is 22.7 Å². The molecule has 86 valence electrons. The highest BCUT2D eigenvalue weighted by Gasteiger charge is 2.33. The third-order valence-corrected chi connectivity index (χ3v) is 4.58. The number of benzene rings is 1. The molecule has 0 radical (unpaired) electrons. The molecule has 1 saturated heterocycles. The van der Waals surface area contributed by atoms with Crippen molar-refractivity contribution in [3.63, 3.8) is 0 Å². The van der Waals surface area contributed by atoms with Gasteiger partial charge in [0.05, 0.1) is 5.69 Å². The highest BCUT2D eigenvalue weighted by atomic mass is 79.9. The topological polar surface area (TPSA) is 15.3 Å². The standard InChI is InChI=1S/C13H17BrN2/c1-16-6-5-10-9(8-16)7-15-13-11(10)3-2-4-12(13)14/h2-4,9-10,15H,5-8H2,1H3. The number of hydrogen-bond acceptors (Lipinski definition) is 2. The number of fused-ring (bicyclic) bond motifs is 3. The minimum Gasteiger partial charge on any atom is -0.384 e. The molecule has 3 rings (SSSR count). The third-order valence-electron chi connectivity index (χ3n) is 3.92. The Morgan fingerprint density at radius 2 is 2.31 bits per heavy atom. The molecule has 2 nitrogen and oxygen atoms in total. The molecule has 2 unspecified atom stereocenters. The minimum absolute atomic E-state index is 0.755. The predicted molar refractivity (Wildman–Crippen MR) is 71.0 cm³/mol. The molecule has 3 heteroatoms. The normalized spacial score (nSPS) is 29.1. The van der Waals surface area contributed by atoms with Crippen LogP contribution in [0.4, 0.5) is 5.69 Å². The smallest absolute Gasteiger partial charge is 0.0520 e. The van der Waals surface area contributed by atoms with Crippen molar-refractivity contribution < 1.29 is 0 Å². The van der Waals surface area contributed by atoms with Crippen molar-refractivity contribution in [3.8, 4) is 0 Å². The van der Waals surface area contributed by atoms with E-state index in [-0.39, 0.29) is 0 Å². The van der Waals surface area contributed by atoms with Crippen LogP contribution in [0, 0.1) is 5.92 Å². The Hall–Kier alpha value is -0.540. The number of anilines is 1. The van der Waals surface area contributed by atoms with Crippen LogP contribution in [0.25, 0.3) is 0 Å². The summed E-state index contributed by atoms with van der Waals surface area (Å²) in [6.07, 6.45) is 1.30. The molecular formula is C13H17BrN2. The van der Waals surface area contributed by atoms with Gasteiger partial charge in [0.1, 0.15) is 0 Å². The second-order valence-electron chi connectivity index (χ2n) is 5.00. The average Bonchev–Trinajstić information content (AvgIpc) is 2.28. The number of para-hydroxylation sites is 1. The van der Waals surface area contributed by atoms with Gasteiger partial charge in [-0.2, -0.15) is 0 Å². The Morgan fingerprint density at radius 1 is 1.44 bits per heavy atom. The maximum atomic E-state index is 3.64. The van der Waals surface area contributed by atoms with Gasteiger partial charge < -0.3 is 10.2 Å². The van der Waals surface area contributed by atoms with Crippen molar-refractivity contribution in [1.29, 1.82) is 0 Å². The second-order valence-corrected chi connectivity index (χ2v) is 5.86. The molecule has 1 aromatic carbocycles. The maximum Gasteiger partial charge on any atom is 0.0520 e. The Balaban J connectivity index is 1.97. The van der Waals surface area contributed by atoms with Gasteiger partial charge in [0.2, 0.25) is 0 Å². The van der Waals surface area contributed by atoms with Gasteiger partial charge in [0.25, 0.3) is 0 Å². The molecule has 1 aromatic rings. The maximum absolute atomic E-state index is 3.64. The Morgan fingerprint density at radius 3 is 3.19 bits per heavy atom. The zero-order valence-corrected chi connectivity index (χ0v) is 11.1. The molecule has 1 fully saturated rings. The van der Waals surface area contributed by atoms with Gasteiger partial charge in [-0.25, -0.2) is 0 Å². The molecule has 0 aliphatic carbocycles. The first-order chi connectivity index (χ1) is 7.75. The van der Waals surface area contributed by atoms with E-state index in [1.807, 2.05) is 0 Å². The lowest BCUT2D eigenvalue weighted by atomic mass is 9.77. The van der Waals surface area contributed by atoms with E-state index in [0.29, 0.717) is 0 Å². The molecule has 16 heavy (non-hydrogen) atoms. The lowest BCUT2D eigenvalue weighted by molar-refractivity contribution is 0.187. The summed E-state index contributed by atoms with van der Waals surface area (Å²) in [5, 5.41) is 3.58. The number of rotatable bonds is 0. The monoisotopic (exact) mass is 280 g/mol. The van der Waals surface area contributed by atoms with E-state index in [1.165, 1.54) is 35.2 Å². The van der Waals surface area contributed by atoms with Crippen LogP contribution < -0.4 is 5.32 Å². The fourth-order valence-electron chi connectivity index (χ4n) is 3.10. The van der Waals surface area contributed by atoms with Gasteiger partial charge in [-0.1, -0.05) is 12.1 Å². The molecule has 0 saturated carbocycles. The van der Waals surface area contributed by atoms with Gasteiger partial charge in [-0.15, -0.1) is 0 Å². The van der Waals surface area contributed by atoms with Crippen molar-refractivity contribution in [1.82, 2.24) is 4.90 Å². The molecule has 0 aromatic heterocycles. The van der Waals surface area contributed by atoms with Crippen molar-refractivity contribution >= 4 is 21.6 Å². The van der Waals surface area contributed by atoms with E-state index in [0.717, 1.165) is 18.4 Å². The van der Waals surface area contributed by atoms with Gasteiger partial charge in [-0.3, -0.25) is 0 Å². The highest BCUT2D eigenvalue weighted by Crippen LogP contribution is 2.42. The largest absolute Gasteiger partial charge is 0.384 e. The van der Waals surface area contributed by atoms with Crippen molar-refractivity contribution in [2.24, 2.45) is 5.92 Å². The molecule has 2 heterocycles. The summed E-state index contributed by atoms with van der Waals surface area (Å²) in [6, 6.07) is 6.57. The summed E-state index contributed by atoms with van der Waals surface area (Å²) in [6.45, 7) is 3.57. The summed E-state index contributed by atoms with van der Waals surface area (Å²) in [7, 11) is 2.23. The van der Waals surface area contributed by atoms with Crippen LogP contribution in [0.3, 0.4) is 0 Å². The third kappa shape index (κ3) is 1.66. The Bertz CT molecular complexity index is 405. The number of nitrogens with zero attached hydrogens (tertiary/aromatic N) is 1. The van der Waals surface area contributed by atoms with Gasteiger partial charge in [0.15, 0.2) is 0 Å². The summed E-state index contributed by atoms with van der Waals surface area (Å²) in [4.78, 5) is 2.45. The van der Waals surface area contributed by atoms with Crippen LogP contribution in [-0.4, -0.2) is 31.6 Å². The van der Waals surface area contributed by atoms with Crippen LogP contribution in [0.5, 0.6) is 0 Å². The van der Waals surface area contributed by atoms with Crippen LogP contribution in [0.2, 0.25) is 0 Å². The lowest BCUT2D eigenvalue weighted by Gasteiger charge is -2.41. The predicted octanol–water partition coefficient (Wildman–Crippen LogP) is 2.91. The van der Waals surface area contributed by atoms with Crippen LogP contribution >= 0.6 is 15.9 Å². The zero-order valence-electron chi connectivity index (χ0n) is 9.54. The molecular weight excluding hydrogens is 264 g/mol. The fraction of sp³-hybridized carbons (Fsp3) is 0.538. The van der Waals surface area contributed by atoms with Crippen LogP contribution in [-0.2, 0) is 0 Å². The van der Waals surface area contributed by atoms with Crippen molar-refractivity contribution in [2.75, 3.05) is 32.0 Å². The van der Waals surface area contributed by atoms with E-state index >= 15 is 0 Å². The first-order valence-electron chi connectivity index (χ1n) is 5.96. The summed E-state index contributed by atoms with van der Waals surface area (Å²) in [5.41, 5.74) is 2.84. The fourth-order valence-corrected chi connectivity index (χ4v) is 3.62. The van der Waals surface area contributed by atoms with Crippen molar-refractivity contribution in [3.05, 3.63) is 28.2 Å². The number of halogens is 1. The molecule has 0 amide bonds. The average molecular weight is 281 g/mol. The number of likely N-dealkylation sites (tertiary alicyclic amines) is 1. The minimum atomic E-state index is 0.755. The first-order valence-corrected chi connectivity index (χ1v) is 6.76.